The zero-order chi connectivity index (χ0) is 7.33. The van der Waals surface area contributed by atoms with Crippen LogP contribution < -0.4 is 0 Å². The predicted molar refractivity (Wildman–Crippen MR) is 47.0 cm³/mol. The van der Waals surface area contributed by atoms with E-state index in [2.05, 4.69) is 0 Å². The Morgan fingerprint density at radius 2 is 0.900 bits per heavy atom. The smallest absolute Gasteiger partial charge is 0.197 e. The molecule has 0 unspecified atom stereocenters. The molecule has 0 heterocycles. The van der Waals surface area contributed by atoms with Crippen molar-refractivity contribution in [1.29, 1.82) is 0 Å². The second-order valence-corrected chi connectivity index (χ2v) is 6.40. The molecule has 6 heteroatoms. The van der Waals surface area contributed by atoms with Gasteiger partial charge in [0.15, 0.2) is 0 Å². The van der Waals surface area contributed by atoms with Crippen molar-refractivity contribution < 1.29 is 20.4 Å². The molecule has 66 valence electrons. The van der Waals surface area contributed by atoms with Gasteiger partial charge in [0.1, 0.15) is 0 Å². The van der Waals surface area contributed by atoms with Crippen LogP contribution in [0.25, 0.3) is 0 Å². The fourth-order valence-electron chi connectivity index (χ4n) is 0.300. The summed E-state index contributed by atoms with van der Waals surface area (Å²) in [6.45, 7) is 0. The van der Waals surface area contributed by atoms with Gasteiger partial charge in [-0.2, -0.15) is 13.5 Å². The van der Waals surface area contributed by atoms with E-state index in [1.807, 2.05) is 0 Å². The summed E-state index contributed by atoms with van der Waals surface area (Å²) < 4.78 is 0. The summed E-state index contributed by atoms with van der Waals surface area (Å²) in [5.74, 6) is 0. The van der Waals surface area contributed by atoms with Gasteiger partial charge in [-0.3, -0.25) is 0 Å². The maximum Gasteiger partial charge on any atom is -0.197 e. The maximum atomic E-state index is 8.56. The Balaban J connectivity index is 0. The van der Waals surface area contributed by atoms with Crippen molar-refractivity contribution in [2.45, 2.75) is 0 Å². The molecule has 0 rings (SSSR count). The number of rotatable bonds is 4. The van der Waals surface area contributed by atoms with Crippen LogP contribution >= 0.6 is 20.8 Å². The number of aliphatic hydroxyl groups excluding tert-OH is 4. The van der Waals surface area contributed by atoms with Crippen LogP contribution in [-0.2, 0) is 0 Å². The van der Waals surface area contributed by atoms with Crippen LogP contribution in [0.3, 0.4) is 0 Å². The predicted octanol–water partition coefficient (Wildman–Crippen LogP) is -1.35. The van der Waals surface area contributed by atoms with Gasteiger partial charge >= 0.3 is 53.1 Å². The second-order valence-electron chi connectivity index (χ2n) is 2.13. The zero-order valence-corrected chi connectivity index (χ0v) is 7.62. The second kappa shape index (κ2) is 6.34. The average Bonchev–Trinajstić information content (AvgIpc) is 1.95. The van der Waals surface area contributed by atoms with Gasteiger partial charge < -0.3 is 0 Å². The molecule has 0 aliphatic carbocycles. The standard InChI is InChI=1S/C4H13O4P.H2S/c5-1-9(2-6,3-7)4-8;/h5-9H,1-4H2;1H2. The van der Waals surface area contributed by atoms with Crippen molar-refractivity contribution >= 4 is 20.8 Å². The van der Waals surface area contributed by atoms with Crippen molar-refractivity contribution in [3.63, 3.8) is 0 Å². The van der Waals surface area contributed by atoms with E-state index in [0.29, 0.717) is 0 Å². The topological polar surface area (TPSA) is 80.9 Å². The van der Waals surface area contributed by atoms with Crippen molar-refractivity contribution in [3.8, 4) is 0 Å². The minimum absolute atomic E-state index is 0. The SMILES string of the molecule is OC[PH](CO)(CO)CO.S. The molecule has 0 saturated carbocycles. The van der Waals surface area contributed by atoms with Gasteiger partial charge in [-0.05, 0) is 0 Å². The van der Waals surface area contributed by atoms with Crippen LogP contribution in [-0.4, -0.2) is 45.8 Å². The van der Waals surface area contributed by atoms with E-state index in [4.69, 9.17) is 20.4 Å². The quantitative estimate of drug-likeness (QED) is 0.413. The zero-order valence-electron chi connectivity index (χ0n) is 5.62. The Labute approximate surface area is 67.3 Å². The molecule has 0 aromatic rings. The number of hydrogen-bond donors (Lipinski definition) is 4. The third-order valence-corrected chi connectivity index (χ3v) is 4.02. The fourth-order valence-corrected chi connectivity index (χ4v) is 0.900. The van der Waals surface area contributed by atoms with E-state index >= 15 is 0 Å². The van der Waals surface area contributed by atoms with Crippen LogP contribution in [0.2, 0.25) is 0 Å². The molecule has 0 bridgehead atoms. The summed E-state index contributed by atoms with van der Waals surface area (Å²) in [6.07, 6.45) is -1.07. The Morgan fingerprint density at radius 1 is 0.700 bits per heavy atom. The third-order valence-electron chi connectivity index (χ3n) is 1.34. The van der Waals surface area contributed by atoms with Crippen LogP contribution in [0.1, 0.15) is 0 Å². The molecular formula is C4H15O4PS. The molecule has 4 N–H and O–H groups in total. The van der Waals surface area contributed by atoms with E-state index in [1.54, 1.807) is 0 Å². The minimum atomic E-state index is -2.47. The van der Waals surface area contributed by atoms with E-state index in [0.717, 1.165) is 0 Å². The molecule has 0 aromatic heterocycles. The molecule has 0 amide bonds. The normalized spacial score (nSPS) is 12.4. The van der Waals surface area contributed by atoms with Crippen molar-refractivity contribution in [2.75, 3.05) is 25.4 Å². The van der Waals surface area contributed by atoms with Gasteiger partial charge in [0.05, 0.1) is 0 Å². The number of hydrogen-bond acceptors (Lipinski definition) is 4. The van der Waals surface area contributed by atoms with Crippen LogP contribution in [0.5, 0.6) is 0 Å². The molecule has 10 heavy (non-hydrogen) atoms. The largest absolute Gasteiger partial charge is 0.197 e. The Hall–Kier alpha value is 0.620. The first kappa shape index (κ1) is 13.2. The Bertz CT molecular complexity index is 60.1. The summed E-state index contributed by atoms with van der Waals surface area (Å²) >= 11 is 0. The van der Waals surface area contributed by atoms with E-state index < -0.39 is 7.26 Å². The van der Waals surface area contributed by atoms with Gasteiger partial charge in [-0.15, -0.1) is 0 Å². The first-order chi connectivity index (χ1) is 4.24. The fraction of sp³-hybridized carbons (Fsp3) is 1.00. The minimum Gasteiger partial charge on any atom is -0.197 e. The Kier molecular flexibility index (Phi) is 8.38. The number of aliphatic hydroxyl groups is 4. The average molecular weight is 190 g/mol. The first-order valence-electron chi connectivity index (χ1n) is 2.68. The van der Waals surface area contributed by atoms with Gasteiger partial charge in [-0.25, -0.2) is 0 Å². The molecule has 0 aliphatic heterocycles. The monoisotopic (exact) mass is 190 g/mol. The van der Waals surface area contributed by atoms with Gasteiger partial charge in [0, 0.05) is 0 Å². The van der Waals surface area contributed by atoms with Gasteiger partial charge in [0.2, 0.25) is 0 Å². The van der Waals surface area contributed by atoms with Gasteiger partial charge in [0.25, 0.3) is 0 Å². The third kappa shape index (κ3) is 3.14. The molecule has 0 aromatic carbocycles. The Morgan fingerprint density at radius 3 is 0.900 bits per heavy atom. The summed E-state index contributed by atoms with van der Waals surface area (Å²) in [4.78, 5) is 0. The van der Waals surface area contributed by atoms with Crippen molar-refractivity contribution in [2.24, 2.45) is 0 Å². The van der Waals surface area contributed by atoms with Crippen LogP contribution in [0.15, 0.2) is 0 Å². The molecule has 4 nitrogen and oxygen atoms in total. The van der Waals surface area contributed by atoms with E-state index in [1.165, 1.54) is 0 Å². The summed E-state index contributed by atoms with van der Waals surface area (Å²) in [5.41, 5.74) is 0. The van der Waals surface area contributed by atoms with Crippen LogP contribution in [0, 0.1) is 0 Å². The molecular weight excluding hydrogens is 175 g/mol. The van der Waals surface area contributed by atoms with Crippen LogP contribution in [0.4, 0.5) is 0 Å². The van der Waals surface area contributed by atoms with Crippen molar-refractivity contribution in [3.05, 3.63) is 0 Å². The van der Waals surface area contributed by atoms with E-state index in [-0.39, 0.29) is 38.9 Å². The summed E-state index contributed by atoms with van der Waals surface area (Å²) in [6, 6.07) is 0. The molecule has 0 spiro atoms. The molecule has 0 fully saturated rings. The molecule has 0 atom stereocenters. The van der Waals surface area contributed by atoms with Gasteiger partial charge in [-0.1, -0.05) is 0 Å². The van der Waals surface area contributed by atoms with E-state index in [9.17, 15) is 0 Å². The summed E-state index contributed by atoms with van der Waals surface area (Å²) in [7, 11) is -2.47. The first-order valence-corrected chi connectivity index (χ1v) is 5.51. The molecule has 0 radical (unpaired) electrons. The van der Waals surface area contributed by atoms with Crippen molar-refractivity contribution in [1.82, 2.24) is 0 Å². The maximum absolute atomic E-state index is 8.56. The summed E-state index contributed by atoms with van der Waals surface area (Å²) in [5, 5.41) is 34.2. The molecule has 0 saturated heterocycles. The molecule has 0 aliphatic rings.